The van der Waals surface area contributed by atoms with Gasteiger partial charge in [-0.2, -0.15) is 5.26 Å². The first kappa shape index (κ1) is 21.1. The van der Waals surface area contributed by atoms with Crippen molar-refractivity contribution in [3.8, 4) is 17.3 Å². The number of hydrogen-bond acceptors (Lipinski definition) is 5. The molecule has 0 aliphatic carbocycles. The third-order valence-electron chi connectivity index (χ3n) is 4.45. The van der Waals surface area contributed by atoms with Crippen LogP contribution < -0.4 is 5.32 Å². The predicted octanol–water partition coefficient (Wildman–Crippen LogP) is 5.94. The Morgan fingerprint density at radius 3 is 2.50 bits per heavy atom. The van der Waals surface area contributed by atoms with Crippen LogP contribution in [-0.2, 0) is 4.74 Å². The van der Waals surface area contributed by atoms with Gasteiger partial charge in [0.1, 0.15) is 5.60 Å². The van der Waals surface area contributed by atoms with Gasteiger partial charge in [-0.1, -0.05) is 29.8 Å². The van der Waals surface area contributed by atoms with Crippen LogP contribution in [0.15, 0.2) is 54.7 Å². The van der Waals surface area contributed by atoms with Gasteiger partial charge in [0.15, 0.2) is 0 Å². The Hall–Kier alpha value is -3.65. The molecule has 0 atom stereocenters. The van der Waals surface area contributed by atoms with Crippen molar-refractivity contribution in [3.63, 3.8) is 0 Å². The van der Waals surface area contributed by atoms with E-state index in [4.69, 9.17) is 4.74 Å². The van der Waals surface area contributed by atoms with E-state index in [1.54, 1.807) is 12.3 Å². The lowest BCUT2D eigenvalue weighted by atomic mass is 10.0. The number of hydrogen-bond donors (Lipinski definition) is 1. The minimum Gasteiger partial charge on any atom is -0.456 e. The van der Waals surface area contributed by atoms with Crippen LogP contribution in [0.5, 0.6) is 0 Å². The zero-order valence-electron chi connectivity index (χ0n) is 17.9. The van der Waals surface area contributed by atoms with E-state index in [-0.39, 0.29) is 5.97 Å². The van der Waals surface area contributed by atoms with Gasteiger partial charge < -0.3 is 10.1 Å². The molecule has 1 aromatic heterocycles. The number of anilines is 2. The topological polar surface area (TPSA) is 75.0 Å². The number of ether oxygens (including phenoxy) is 1. The molecule has 0 bridgehead atoms. The molecule has 1 N–H and O–H groups in total. The summed E-state index contributed by atoms with van der Waals surface area (Å²) in [5.74, 6) is -0.377. The van der Waals surface area contributed by atoms with Crippen molar-refractivity contribution in [3.05, 3.63) is 77.0 Å². The molecule has 0 saturated carbocycles. The normalized spacial score (nSPS) is 10.9. The number of carbonyl (C=O) groups is 1. The fourth-order valence-electron chi connectivity index (χ4n) is 3.14. The summed E-state index contributed by atoms with van der Waals surface area (Å²) in [5.41, 5.74) is 5.34. The van der Waals surface area contributed by atoms with Gasteiger partial charge in [0.2, 0.25) is 0 Å². The summed E-state index contributed by atoms with van der Waals surface area (Å²) in [4.78, 5) is 17.3. The van der Waals surface area contributed by atoms with E-state index in [9.17, 15) is 10.1 Å². The van der Waals surface area contributed by atoms with Gasteiger partial charge in [-0.05, 0) is 64.4 Å². The predicted molar refractivity (Wildman–Crippen MR) is 119 cm³/mol. The first-order valence-corrected chi connectivity index (χ1v) is 9.75. The van der Waals surface area contributed by atoms with Gasteiger partial charge in [-0.3, -0.25) is 4.98 Å². The van der Waals surface area contributed by atoms with E-state index in [1.807, 2.05) is 77.1 Å². The van der Waals surface area contributed by atoms with E-state index >= 15 is 0 Å². The lowest BCUT2D eigenvalue weighted by molar-refractivity contribution is 0.00706. The summed E-state index contributed by atoms with van der Waals surface area (Å²) in [5, 5.41) is 12.7. The van der Waals surface area contributed by atoms with Crippen LogP contribution in [0.2, 0.25) is 0 Å². The standard InChI is InChI=1S/C25H25N3O2/c1-16-10-11-22(21(12-16)24(29)30-25(3,4)5)28-19-13-17(2)23(27-15-19)20-9-7-6-8-18(20)14-26/h6-13,15,28H,1-5H3. The van der Waals surface area contributed by atoms with Gasteiger partial charge in [-0.25, -0.2) is 4.79 Å². The number of aromatic nitrogens is 1. The molecule has 0 radical (unpaired) electrons. The van der Waals surface area contributed by atoms with Crippen molar-refractivity contribution >= 4 is 17.3 Å². The summed E-state index contributed by atoms with van der Waals surface area (Å²) in [7, 11) is 0. The molecule has 2 aromatic carbocycles. The fourth-order valence-corrected chi connectivity index (χ4v) is 3.14. The van der Waals surface area contributed by atoms with Crippen molar-refractivity contribution in [1.29, 1.82) is 5.26 Å². The molecule has 0 aliphatic rings. The van der Waals surface area contributed by atoms with Crippen LogP contribution in [-0.4, -0.2) is 16.6 Å². The van der Waals surface area contributed by atoms with Gasteiger partial charge in [0, 0.05) is 5.56 Å². The van der Waals surface area contributed by atoms with Gasteiger partial charge in [-0.15, -0.1) is 0 Å². The lowest BCUT2D eigenvalue weighted by Gasteiger charge is -2.21. The maximum atomic E-state index is 12.7. The number of nitrogens with zero attached hydrogens (tertiary/aromatic N) is 2. The van der Waals surface area contributed by atoms with Crippen molar-refractivity contribution in [2.75, 3.05) is 5.32 Å². The number of benzene rings is 2. The first-order valence-electron chi connectivity index (χ1n) is 9.75. The number of esters is 1. The monoisotopic (exact) mass is 399 g/mol. The number of pyridine rings is 1. The zero-order chi connectivity index (χ0) is 21.9. The minimum atomic E-state index is -0.577. The summed E-state index contributed by atoms with van der Waals surface area (Å²) in [6.07, 6.45) is 1.70. The summed E-state index contributed by atoms with van der Waals surface area (Å²) in [6.45, 7) is 9.42. The highest BCUT2D eigenvalue weighted by molar-refractivity contribution is 5.97. The molecule has 0 fully saturated rings. The maximum absolute atomic E-state index is 12.7. The highest BCUT2D eigenvalue weighted by Crippen LogP contribution is 2.29. The molecule has 1 heterocycles. The average Bonchev–Trinajstić information content (AvgIpc) is 2.68. The van der Waals surface area contributed by atoms with Crippen LogP contribution in [0.3, 0.4) is 0 Å². The Labute approximate surface area is 177 Å². The molecule has 0 amide bonds. The van der Waals surface area contributed by atoms with Crippen LogP contribution in [0.4, 0.5) is 11.4 Å². The summed E-state index contributed by atoms with van der Waals surface area (Å²) >= 11 is 0. The number of nitriles is 1. The SMILES string of the molecule is Cc1ccc(Nc2cnc(-c3ccccc3C#N)c(C)c2)c(C(=O)OC(C)(C)C)c1. The van der Waals surface area contributed by atoms with Crippen LogP contribution in [0.25, 0.3) is 11.3 Å². The third-order valence-corrected chi connectivity index (χ3v) is 4.45. The highest BCUT2D eigenvalue weighted by atomic mass is 16.6. The molecule has 5 nitrogen and oxygen atoms in total. The Morgan fingerprint density at radius 2 is 1.83 bits per heavy atom. The number of nitrogens with one attached hydrogen (secondary N) is 1. The van der Waals surface area contributed by atoms with E-state index in [1.165, 1.54) is 0 Å². The fraction of sp³-hybridized carbons (Fsp3) is 0.240. The number of carbonyl (C=O) groups excluding carboxylic acids is 1. The van der Waals surface area contributed by atoms with Gasteiger partial charge in [0.25, 0.3) is 0 Å². The second kappa shape index (κ2) is 8.38. The number of rotatable bonds is 4. The van der Waals surface area contributed by atoms with Crippen LogP contribution >= 0.6 is 0 Å². The second-order valence-electron chi connectivity index (χ2n) is 8.22. The Balaban J connectivity index is 1.94. The maximum Gasteiger partial charge on any atom is 0.340 e. The molecule has 5 heteroatoms. The Morgan fingerprint density at radius 1 is 1.10 bits per heavy atom. The molecule has 3 aromatic rings. The molecular weight excluding hydrogens is 374 g/mol. The molecule has 0 spiro atoms. The van der Waals surface area contributed by atoms with E-state index in [0.717, 1.165) is 28.1 Å². The quantitative estimate of drug-likeness (QED) is 0.550. The molecular formula is C25H25N3O2. The van der Waals surface area contributed by atoms with Crippen molar-refractivity contribution < 1.29 is 9.53 Å². The highest BCUT2D eigenvalue weighted by Gasteiger charge is 2.21. The third kappa shape index (κ3) is 4.84. The zero-order valence-corrected chi connectivity index (χ0v) is 17.9. The second-order valence-corrected chi connectivity index (χ2v) is 8.22. The summed E-state index contributed by atoms with van der Waals surface area (Å²) < 4.78 is 5.56. The number of aryl methyl sites for hydroxylation is 2. The average molecular weight is 399 g/mol. The van der Waals surface area contributed by atoms with E-state index in [0.29, 0.717) is 16.8 Å². The summed E-state index contributed by atoms with van der Waals surface area (Å²) in [6, 6.07) is 17.2. The largest absolute Gasteiger partial charge is 0.456 e. The molecule has 152 valence electrons. The van der Waals surface area contributed by atoms with E-state index < -0.39 is 5.60 Å². The van der Waals surface area contributed by atoms with Gasteiger partial charge >= 0.3 is 5.97 Å². The minimum absolute atomic E-state index is 0.377. The van der Waals surface area contributed by atoms with Crippen LogP contribution in [0.1, 0.15) is 47.8 Å². The first-order chi connectivity index (χ1) is 14.2. The molecule has 30 heavy (non-hydrogen) atoms. The van der Waals surface area contributed by atoms with Crippen molar-refractivity contribution in [2.45, 2.75) is 40.2 Å². The van der Waals surface area contributed by atoms with Crippen LogP contribution in [0, 0.1) is 25.2 Å². The molecule has 0 saturated heterocycles. The molecule has 0 aliphatic heterocycles. The Kier molecular flexibility index (Phi) is 5.89. The lowest BCUT2D eigenvalue weighted by Crippen LogP contribution is -2.24. The molecule has 3 rings (SSSR count). The molecule has 0 unspecified atom stereocenters. The Bertz CT molecular complexity index is 1140. The van der Waals surface area contributed by atoms with Crippen molar-refractivity contribution in [2.24, 2.45) is 0 Å². The van der Waals surface area contributed by atoms with Gasteiger partial charge in [0.05, 0.1) is 40.5 Å². The van der Waals surface area contributed by atoms with Crippen molar-refractivity contribution in [1.82, 2.24) is 4.98 Å². The smallest absolute Gasteiger partial charge is 0.340 e. The van der Waals surface area contributed by atoms with E-state index in [2.05, 4.69) is 16.4 Å².